The number of hydrogen-bond donors (Lipinski definition) is 1. The second kappa shape index (κ2) is 6.02. The van der Waals surface area contributed by atoms with Gasteiger partial charge in [-0.3, -0.25) is 9.59 Å². The average Bonchev–Trinajstić information content (AvgIpc) is 2.30. The third-order valence-corrected chi connectivity index (χ3v) is 2.22. The van der Waals surface area contributed by atoms with Crippen LogP contribution in [0.1, 0.15) is 25.5 Å². The van der Waals surface area contributed by atoms with Gasteiger partial charge in [0.1, 0.15) is 6.04 Å². The van der Waals surface area contributed by atoms with Crippen molar-refractivity contribution in [3.8, 4) is 0 Å². The molecular weight excluding hydrogens is 206 g/mol. The first-order valence-corrected chi connectivity index (χ1v) is 5.10. The second-order valence-electron chi connectivity index (χ2n) is 3.73. The summed E-state index contributed by atoms with van der Waals surface area (Å²) in [7, 11) is 0. The van der Waals surface area contributed by atoms with Crippen molar-refractivity contribution in [2.45, 2.75) is 19.9 Å². The van der Waals surface area contributed by atoms with Gasteiger partial charge < -0.3 is 4.84 Å². The van der Waals surface area contributed by atoms with Gasteiger partial charge in [0.05, 0.1) is 0 Å². The van der Waals surface area contributed by atoms with Crippen molar-refractivity contribution in [1.29, 1.82) is 0 Å². The van der Waals surface area contributed by atoms with Crippen molar-refractivity contribution in [3.05, 3.63) is 35.9 Å². The number of hydrogen-bond acceptors (Lipinski definition) is 4. The van der Waals surface area contributed by atoms with Crippen molar-refractivity contribution in [2.75, 3.05) is 0 Å². The molecule has 4 heteroatoms. The standard InChI is InChI=1S/C12H15NO3/c1-9(2)12(15)11(13-16-8-14)10-6-4-3-5-7-10/h3-9,11,13H,1-2H3. The molecule has 0 heterocycles. The van der Waals surface area contributed by atoms with Gasteiger partial charge in [-0.2, -0.15) is 0 Å². The zero-order chi connectivity index (χ0) is 12.0. The highest BCUT2D eigenvalue weighted by atomic mass is 16.7. The van der Waals surface area contributed by atoms with Crippen LogP contribution in [0.2, 0.25) is 0 Å². The van der Waals surface area contributed by atoms with Crippen molar-refractivity contribution in [3.63, 3.8) is 0 Å². The van der Waals surface area contributed by atoms with Gasteiger partial charge in [-0.25, -0.2) is 0 Å². The lowest BCUT2D eigenvalue weighted by atomic mass is 9.96. The zero-order valence-corrected chi connectivity index (χ0v) is 9.34. The minimum atomic E-state index is -0.605. The Kier molecular flexibility index (Phi) is 4.66. The van der Waals surface area contributed by atoms with Crippen LogP contribution in [0.3, 0.4) is 0 Å². The first-order valence-electron chi connectivity index (χ1n) is 5.10. The summed E-state index contributed by atoms with van der Waals surface area (Å²) in [6, 6.07) is 8.54. The van der Waals surface area contributed by atoms with Crippen molar-refractivity contribution >= 4 is 12.3 Å². The first-order chi connectivity index (χ1) is 7.66. The summed E-state index contributed by atoms with van der Waals surface area (Å²) in [5, 5.41) is 0. The molecule has 0 saturated heterocycles. The van der Waals surface area contributed by atoms with E-state index in [1.54, 1.807) is 13.8 Å². The molecule has 0 saturated carbocycles. The SMILES string of the molecule is CC(C)C(=O)C(NOC=O)c1ccccc1. The highest BCUT2D eigenvalue weighted by Gasteiger charge is 2.23. The predicted octanol–water partition coefficient (Wildman–Crippen LogP) is 1.63. The van der Waals surface area contributed by atoms with E-state index in [-0.39, 0.29) is 18.2 Å². The molecule has 0 aliphatic rings. The number of Topliss-reactive ketones (excluding diaryl/α,β-unsaturated/α-hetero) is 1. The fourth-order valence-electron chi connectivity index (χ4n) is 1.37. The van der Waals surface area contributed by atoms with Crippen molar-refractivity contribution in [2.24, 2.45) is 5.92 Å². The van der Waals surface area contributed by atoms with E-state index >= 15 is 0 Å². The van der Waals surface area contributed by atoms with E-state index in [0.29, 0.717) is 0 Å². The van der Waals surface area contributed by atoms with Crippen LogP contribution in [-0.4, -0.2) is 12.3 Å². The van der Waals surface area contributed by atoms with Crippen molar-refractivity contribution in [1.82, 2.24) is 5.48 Å². The minimum absolute atomic E-state index is 0.0203. The van der Waals surface area contributed by atoms with Crippen LogP contribution in [0.15, 0.2) is 30.3 Å². The van der Waals surface area contributed by atoms with Crippen LogP contribution >= 0.6 is 0 Å². The fourth-order valence-corrected chi connectivity index (χ4v) is 1.37. The summed E-state index contributed by atoms with van der Waals surface area (Å²) in [6.45, 7) is 3.88. The Balaban J connectivity index is 2.87. The molecule has 4 nitrogen and oxygen atoms in total. The number of carbonyl (C=O) groups excluding carboxylic acids is 2. The van der Waals surface area contributed by atoms with Gasteiger partial charge in [0.25, 0.3) is 0 Å². The molecule has 0 amide bonds. The smallest absolute Gasteiger partial charge is 0.312 e. The maximum atomic E-state index is 11.9. The van der Waals surface area contributed by atoms with E-state index in [4.69, 9.17) is 0 Å². The molecule has 1 aromatic carbocycles. The largest absolute Gasteiger partial charge is 0.373 e. The van der Waals surface area contributed by atoms with Gasteiger partial charge in [0, 0.05) is 5.92 Å². The zero-order valence-electron chi connectivity index (χ0n) is 9.34. The molecule has 86 valence electrons. The monoisotopic (exact) mass is 221 g/mol. The van der Waals surface area contributed by atoms with Gasteiger partial charge in [0.2, 0.25) is 0 Å². The third kappa shape index (κ3) is 3.17. The Morgan fingerprint density at radius 1 is 1.31 bits per heavy atom. The predicted molar refractivity (Wildman–Crippen MR) is 59.3 cm³/mol. The molecule has 0 spiro atoms. The van der Waals surface area contributed by atoms with E-state index in [1.165, 1.54) is 0 Å². The molecule has 0 aromatic heterocycles. The topological polar surface area (TPSA) is 55.4 Å². The van der Waals surface area contributed by atoms with Crippen LogP contribution in [0.25, 0.3) is 0 Å². The Bertz CT molecular complexity index is 349. The van der Waals surface area contributed by atoms with Gasteiger partial charge in [-0.1, -0.05) is 44.2 Å². The minimum Gasteiger partial charge on any atom is -0.373 e. The highest BCUT2D eigenvalue weighted by Crippen LogP contribution is 2.17. The Morgan fingerprint density at radius 3 is 2.44 bits per heavy atom. The van der Waals surface area contributed by atoms with Gasteiger partial charge in [-0.15, -0.1) is 5.48 Å². The molecule has 16 heavy (non-hydrogen) atoms. The van der Waals surface area contributed by atoms with Crippen LogP contribution in [0, 0.1) is 5.92 Å². The van der Waals surface area contributed by atoms with Gasteiger partial charge in [-0.05, 0) is 5.56 Å². The van der Waals surface area contributed by atoms with E-state index in [0.717, 1.165) is 5.56 Å². The number of nitrogens with one attached hydrogen (secondary N) is 1. The van der Waals surface area contributed by atoms with E-state index < -0.39 is 6.04 Å². The van der Waals surface area contributed by atoms with E-state index in [9.17, 15) is 9.59 Å². The van der Waals surface area contributed by atoms with Crippen LogP contribution in [-0.2, 0) is 14.4 Å². The number of hydroxylamine groups is 1. The van der Waals surface area contributed by atoms with Gasteiger partial charge >= 0.3 is 6.47 Å². The van der Waals surface area contributed by atoms with Crippen LogP contribution in [0.4, 0.5) is 0 Å². The number of carbonyl (C=O) groups is 2. The summed E-state index contributed by atoms with van der Waals surface area (Å²) >= 11 is 0. The summed E-state index contributed by atoms with van der Waals surface area (Å²) in [5.41, 5.74) is 3.23. The fraction of sp³-hybridized carbons (Fsp3) is 0.333. The number of rotatable bonds is 6. The summed E-state index contributed by atoms with van der Waals surface area (Å²) in [6.07, 6.45) is 0. The molecule has 1 atom stereocenters. The molecular formula is C12H15NO3. The summed E-state index contributed by atoms with van der Waals surface area (Å²) in [5.74, 6) is -0.152. The lowest BCUT2D eigenvalue weighted by molar-refractivity contribution is -0.141. The van der Waals surface area contributed by atoms with Crippen LogP contribution < -0.4 is 5.48 Å². The van der Waals surface area contributed by atoms with Crippen LogP contribution in [0.5, 0.6) is 0 Å². The molecule has 0 bridgehead atoms. The molecule has 1 rings (SSSR count). The lowest BCUT2D eigenvalue weighted by Crippen LogP contribution is -2.31. The summed E-state index contributed by atoms with van der Waals surface area (Å²) < 4.78 is 0. The van der Waals surface area contributed by atoms with E-state index in [2.05, 4.69) is 10.3 Å². The van der Waals surface area contributed by atoms with Crippen molar-refractivity contribution < 1.29 is 14.4 Å². The molecule has 0 radical (unpaired) electrons. The average molecular weight is 221 g/mol. The highest BCUT2D eigenvalue weighted by molar-refractivity contribution is 5.86. The quantitative estimate of drug-likeness (QED) is 0.586. The van der Waals surface area contributed by atoms with E-state index in [1.807, 2.05) is 30.3 Å². The molecule has 0 aliphatic carbocycles. The summed E-state index contributed by atoms with van der Waals surface area (Å²) in [4.78, 5) is 26.5. The maximum Gasteiger partial charge on any atom is 0.312 e. The lowest BCUT2D eigenvalue weighted by Gasteiger charge is -2.17. The maximum absolute atomic E-state index is 11.9. The Hall–Kier alpha value is -1.68. The molecule has 0 aliphatic heterocycles. The number of ketones is 1. The third-order valence-electron chi connectivity index (χ3n) is 2.22. The second-order valence-corrected chi connectivity index (χ2v) is 3.73. The molecule has 0 fully saturated rings. The van der Waals surface area contributed by atoms with Gasteiger partial charge in [0.15, 0.2) is 5.78 Å². The number of benzene rings is 1. The molecule has 1 unspecified atom stereocenters. The molecule has 1 N–H and O–H groups in total. The normalized spacial score (nSPS) is 12.2. The Labute approximate surface area is 94.6 Å². The molecule has 1 aromatic rings. The Morgan fingerprint density at radius 2 is 1.94 bits per heavy atom. The first kappa shape index (κ1) is 12.4.